The fraction of sp³-hybridized carbons (Fsp3) is 0.571. The van der Waals surface area contributed by atoms with Gasteiger partial charge in [-0.15, -0.1) is 0 Å². The number of carbonyl (C=O) groups excluding carboxylic acids is 1. The van der Waals surface area contributed by atoms with Gasteiger partial charge in [0.2, 0.25) is 11.2 Å². The zero-order valence-corrected chi connectivity index (χ0v) is 11.7. The summed E-state index contributed by atoms with van der Waals surface area (Å²) in [7, 11) is 1.31. The molecule has 1 aromatic rings. The van der Waals surface area contributed by atoms with Gasteiger partial charge in [0.25, 0.3) is 0 Å². The first-order valence-electron chi connectivity index (χ1n) is 6.25. The second kappa shape index (κ2) is 6.41. The molecule has 1 unspecified atom stereocenters. The third-order valence-corrected chi connectivity index (χ3v) is 2.84. The molecule has 1 atom stereocenters. The standard InChI is InChI=1S/C14H20O5/c1-8(2)5-10(7-12(16)18-4)14-13(17)11(15)6-9(3)19-14/h6,8,10,17H,5,7H2,1-4H3. The van der Waals surface area contributed by atoms with Crippen LogP contribution in [0.15, 0.2) is 15.3 Å². The summed E-state index contributed by atoms with van der Waals surface area (Å²) >= 11 is 0. The summed E-state index contributed by atoms with van der Waals surface area (Å²) in [5.74, 6) is -0.296. The average Bonchev–Trinajstić information content (AvgIpc) is 2.32. The van der Waals surface area contributed by atoms with Crippen LogP contribution in [0.1, 0.15) is 44.1 Å². The number of methoxy groups -OCH3 is 1. The average molecular weight is 268 g/mol. The van der Waals surface area contributed by atoms with Gasteiger partial charge in [0, 0.05) is 12.0 Å². The lowest BCUT2D eigenvalue weighted by Gasteiger charge is -2.18. The van der Waals surface area contributed by atoms with E-state index >= 15 is 0 Å². The maximum atomic E-state index is 11.6. The van der Waals surface area contributed by atoms with Gasteiger partial charge in [-0.3, -0.25) is 9.59 Å². The first-order chi connectivity index (χ1) is 8.85. The van der Waals surface area contributed by atoms with Crippen LogP contribution in [0.3, 0.4) is 0 Å². The smallest absolute Gasteiger partial charge is 0.306 e. The Balaban J connectivity index is 3.16. The van der Waals surface area contributed by atoms with Crippen LogP contribution < -0.4 is 5.43 Å². The highest BCUT2D eigenvalue weighted by Crippen LogP contribution is 2.32. The van der Waals surface area contributed by atoms with Crippen molar-refractivity contribution in [2.75, 3.05) is 7.11 Å². The van der Waals surface area contributed by atoms with Gasteiger partial charge in [-0.1, -0.05) is 13.8 Å². The van der Waals surface area contributed by atoms with Gasteiger partial charge in [0.1, 0.15) is 5.76 Å². The van der Waals surface area contributed by atoms with Crippen LogP contribution in [0.4, 0.5) is 0 Å². The summed E-state index contributed by atoms with van der Waals surface area (Å²) in [6, 6.07) is 1.23. The molecular formula is C14H20O5. The molecule has 5 heteroatoms. The Kier molecular flexibility index (Phi) is 5.15. The molecule has 19 heavy (non-hydrogen) atoms. The number of rotatable bonds is 5. The SMILES string of the molecule is COC(=O)CC(CC(C)C)c1oc(C)cc(=O)c1O. The Morgan fingerprint density at radius 3 is 2.63 bits per heavy atom. The quantitative estimate of drug-likeness (QED) is 0.829. The molecule has 1 N–H and O–H groups in total. The molecule has 0 fully saturated rings. The number of carbonyl (C=O) groups is 1. The zero-order chi connectivity index (χ0) is 14.6. The molecule has 1 rings (SSSR count). The van der Waals surface area contributed by atoms with E-state index in [-0.39, 0.29) is 18.1 Å². The number of aromatic hydroxyl groups is 1. The molecule has 0 bridgehead atoms. The lowest BCUT2D eigenvalue weighted by molar-refractivity contribution is -0.141. The molecule has 5 nitrogen and oxygen atoms in total. The van der Waals surface area contributed by atoms with Crippen LogP contribution >= 0.6 is 0 Å². The van der Waals surface area contributed by atoms with Crippen LogP contribution in [0.25, 0.3) is 0 Å². The minimum Gasteiger partial charge on any atom is -0.502 e. The maximum Gasteiger partial charge on any atom is 0.306 e. The molecule has 106 valence electrons. The molecule has 1 aromatic heterocycles. The molecule has 0 aliphatic heterocycles. The Morgan fingerprint density at radius 2 is 2.11 bits per heavy atom. The minimum atomic E-state index is -0.489. The van der Waals surface area contributed by atoms with Crippen molar-refractivity contribution in [1.29, 1.82) is 0 Å². The summed E-state index contributed by atoms with van der Waals surface area (Å²) in [5, 5.41) is 9.83. The van der Waals surface area contributed by atoms with E-state index in [1.165, 1.54) is 13.2 Å². The Labute approximate surface area is 112 Å². The fourth-order valence-electron chi connectivity index (χ4n) is 2.04. The molecule has 0 aliphatic carbocycles. The summed E-state index contributed by atoms with van der Waals surface area (Å²) in [6.07, 6.45) is 0.698. The van der Waals surface area contributed by atoms with Crippen LogP contribution in [-0.2, 0) is 9.53 Å². The zero-order valence-electron chi connectivity index (χ0n) is 11.7. The molecule has 1 heterocycles. The van der Waals surface area contributed by atoms with Crippen LogP contribution in [0.5, 0.6) is 5.75 Å². The van der Waals surface area contributed by atoms with E-state index < -0.39 is 17.1 Å². The van der Waals surface area contributed by atoms with E-state index in [9.17, 15) is 14.7 Å². The molecule has 0 saturated carbocycles. The van der Waals surface area contributed by atoms with Gasteiger partial charge in [-0.05, 0) is 19.3 Å². The van der Waals surface area contributed by atoms with Crippen molar-refractivity contribution in [3.63, 3.8) is 0 Å². The van der Waals surface area contributed by atoms with E-state index in [4.69, 9.17) is 4.42 Å². The van der Waals surface area contributed by atoms with E-state index in [1.807, 2.05) is 13.8 Å². The molecular weight excluding hydrogens is 248 g/mol. The van der Waals surface area contributed by atoms with Crippen molar-refractivity contribution < 1.29 is 19.1 Å². The Bertz CT molecular complexity index is 501. The van der Waals surface area contributed by atoms with Crippen molar-refractivity contribution in [1.82, 2.24) is 0 Å². The lowest BCUT2D eigenvalue weighted by atomic mass is 9.91. The summed E-state index contributed by atoms with van der Waals surface area (Å²) < 4.78 is 10.1. The molecule has 0 spiro atoms. The van der Waals surface area contributed by atoms with E-state index in [2.05, 4.69) is 4.74 Å². The van der Waals surface area contributed by atoms with E-state index in [0.717, 1.165) is 0 Å². The first kappa shape index (κ1) is 15.3. The maximum absolute atomic E-state index is 11.6. The van der Waals surface area contributed by atoms with Crippen molar-refractivity contribution in [2.45, 2.75) is 39.5 Å². The Morgan fingerprint density at radius 1 is 1.47 bits per heavy atom. The predicted molar refractivity (Wildman–Crippen MR) is 70.2 cm³/mol. The third kappa shape index (κ3) is 4.12. The number of hydrogen-bond donors (Lipinski definition) is 1. The summed E-state index contributed by atoms with van der Waals surface area (Å²) in [6.45, 7) is 5.62. The van der Waals surface area contributed by atoms with Gasteiger partial charge in [0.05, 0.1) is 13.5 Å². The number of ether oxygens (including phenoxy) is 1. The highest BCUT2D eigenvalue weighted by atomic mass is 16.5. The van der Waals surface area contributed by atoms with Crippen molar-refractivity contribution in [2.24, 2.45) is 5.92 Å². The summed E-state index contributed by atoms with van der Waals surface area (Å²) in [4.78, 5) is 23.0. The number of hydrogen-bond acceptors (Lipinski definition) is 5. The lowest BCUT2D eigenvalue weighted by Crippen LogP contribution is -2.14. The number of aryl methyl sites for hydroxylation is 1. The number of esters is 1. The molecule has 0 radical (unpaired) electrons. The first-order valence-corrected chi connectivity index (χ1v) is 6.25. The van der Waals surface area contributed by atoms with Crippen LogP contribution in [-0.4, -0.2) is 18.2 Å². The molecule has 0 amide bonds. The molecule has 0 aliphatic rings. The van der Waals surface area contributed by atoms with Crippen LogP contribution in [0, 0.1) is 12.8 Å². The predicted octanol–water partition coefficient (Wildman–Crippen LogP) is 2.35. The topological polar surface area (TPSA) is 76.7 Å². The second-order valence-corrected chi connectivity index (χ2v) is 5.04. The molecule has 0 aromatic carbocycles. The van der Waals surface area contributed by atoms with Gasteiger partial charge in [-0.2, -0.15) is 0 Å². The second-order valence-electron chi connectivity index (χ2n) is 5.04. The monoisotopic (exact) mass is 268 g/mol. The van der Waals surface area contributed by atoms with Crippen LogP contribution in [0.2, 0.25) is 0 Å². The Hall–Kier alpha value is -1.78. The van der Waals surface area contributed by atoms with Gasteiger partial charge in [0.15, 0.2) is 5.76 Å². The summed E-state index contributed by atoms with van der Waals surface area (Å²) in [5.41, 5.74) is -0.489. The minimum absolute atomic E-state index is 0.0780. The fourth-order valence-corrected chi connectivity index (χ4v) is 2.04. The van der Waals surface area contributed by atoms with E-state index in [1.54, 1.807) is 6.92 Å². The van der Waals surface area contributed by atoms with Crippen molar-refractivity contribution >= 4 is 5.97 Å². The third-order valence-electron chi connectivity index (χ3n) is 2.84. The van der Waals surface area contributed by atoms with Gasteiger partial charge < -0.3 is 14.3 Å². The highest BCUT2D eigenvalue weighted by Gasteiger charge is 2.25. The van der Waals surface area contributed by atoms with Gasteiger partial charge in [-0.25, -0.2) is 0 Å². The van der Waals surface area contributed by atoms with E-state index in [0.29, 0.717) is 18.1 Å². The normalized spacial score (nSPS) is 12.5. The largest absolute Gasteiger partial charge is 0.502 e. The van der Waals surface area contributed by atoms with Crippen molar-refractivity contribution in [3.05, 3.63) is 27.8 Å². The highest BCUT2D eigenvalue weighted by molar-refractivity contribution is 5.70. The van der Waals surface area contributed by atoms with Gasteiger partial charge >= 0.3 is 5.97 Å². The van der Waals surface area contributed by atoms with Crippen molar-refractivity contribution in [3.8, 4) is 5.75 Å². The molecule has 0 saturated heterocycles.